The van der Waals surface area contributed by atoms with Gasteiger partial charge in [0.15, 0.2) is 0 Å². The lowest BCUT2D eigenvalue weighted by molar-refractivity contribution is -0.146. The van der Waals surface area contributed by atoms with Crippen LogP contribution in [0.1, 0.15) is 19.4 Å². The molecule has 1 rings (SSSR count). The van der Waals surface area contributed by atoms with Crippen molar-refractivity contribution < 1.29 is 13.9 Å². The number of hydrogen-bond acceptors (Lipinski definition) is 2. The van der Waals surface area contributed by atoms with Crippen molar-refractivity contribution in [2.45, 2.75) is 19.3 Å². The average molecular weight is 231 g/mol. The van der Waals surface area contributed by atoms with Crippen molar-refractivity contribution in [1.29, 1.82) is 0 Å². The van der Waals surface area contributed by atoms with Gasteiger partial charge >= 0.3 is 5.97 Å². The first-order valence-corrected chi connectivity index (χ1v) is 4.81. The zero-order chi connectivity index (χ0) is 11.6. The first-order chi connectivity index (χ1) is 6.89. The van der Waals surface area contributed by atoms with Crippen LogP contribution >= 0.6 is 11.6 Å². The molecule has 4 heteroatoms. The van der Waals surface area contributed by atoms with Crippen molar-refractivity contribution in [3.05, 3.63) is 34.6 Å². The van der Waals surface area contributed by atoms with E-state index in [1.807, 2.05) is 0 Å². The lowest BCUT2D eigenvalue weighted by atomic mass is 9.85. The highest BCUT2D eigenvalue weighted by Crippen LogP contribution is 2.27. The van der Waals surface area contributed by atoms with E-state index in [1.54, 1.807) is 19.9 Å². The summed E-state index contributed by atoms with van der Waals surface area (Å²) in [5, 5.41) is 0.0411. The molecule has 2 nitrogen and oxygen atoms in total. The van der Waals surface area contributed by atoms with Gasteiger partial charge in [0.05, 0.1) is 17.5 Å². The van der Waals surface area contributed by atoms with Crippen molar-refractivity contribution in [2.24, 2.45) is 0 Å². The lowest BCUT2D eigenvalue weighted by Gasteiger charge is -2.22. The van der Waals surface area contributed by atoms with Gasteiger partial charge in [-0.25, -0.2) is 4.39 Å². The van der Waals surface area contributed by atoms with E-state index in [2.05, 4.69) is 4.74 Å². The van der Waals surface area contributed by atoms with Crippen LogP contribution < -0.4 is 0 Å². The quantitative estimate of drug-likeness (QED) is 0.731. The summed E-state index contributed by atoms with van der Waals surface area (Å²) in [6.45, 7) is 3.34. The molecule has 0 bridgehead atoms. The van der Waals surface area contributed by atoms with Gasteiger partial charge in [-0.3, -0.25) is 4.79 Å². The number of halogens is 2. The van der Waals surface area contributed by atoms with E-state index in [0.29, 0.717) is 5.56 Å². The maximum Gasteiger partial charge on any atom is 0.315 e. The Morgan fingerprint density at radius 3 is 2.53 bits per heavy atom. The van der Waals surface area contributed by atoms with Gasteiger partial charge < -0.3 is 4.74 Å². The zero-order valence-electron chi connectivity index (χ0n) is 8.80. The Balaban J connectivity index is 3.16. The van der Waals surface area contributed by atoms with E-state index >= 15 is 0 Å². The number of rotatable bonds is 2. The van der Waals surface area contributed by atoms with Gasteiger partial charge in [0.2, 0.25) is 0 Å². The minimum Gasteiger partial charge on any atom is -0.468 e. The van der Waals surface area contributed by atoms with Gasteiger partial charge in [0, 0.05) is 0 Å². The van der Waals surface area contributed by atoms with E-state index in [9.17, 15) is 9.18 Å². The van der Waals surface area contributed by atoms with Crippen LogP contribution in [0.15, 0.2) is 18.2 Å². The molecule has 15 heavy (non-hydrogen) atoms. The van der Waals surface area contributed by atoms with Crippen molar-refractivity contribution in [1.82, 2.24) is 0 Å². The van der Waals surface area contributed by atoms with Gasteiger partial charge in [-0.2, -0.15) is 0 Å². The number of esters is 1. The molecule has 0 saturated carbocycles. The van der Waals surface area contributed by atoms with Crippen LogP contribution in [-0.4, -0.2) is 13.1 Å². The Labute approximate surface area is 93.0 Å². The van der Waals surface area contributed by atoms with Gasteiger partial charge in [0.25, 0.3) is 0 Å². The van der Waals surface area contributed by atoms with Crippen molar-refractivity contribution >= 4 is 17.6 Å². The minimum atomic E-state index is -0.875. The Morgan fingerprint density at radius 1 is 1.47 bits per heavy atom. The molecule has 0 aromatic heterocycles. The third-order valence-electron chi connectivity index (χ3n) is 2.34. The molecule has 0 aliphatic carbocycles. The highest BCUT2D eigenvalue weighted by atomic mass is 35.5. The molecule has 0 atom stereocenters. The van der Waals surface area contributed by atoms with Crippen molar-refractivity contribution in [2.75, 3.05) is 7.11 Å². The van der Waals surface area contributed by atoms with E-state index in [-0.39, 0.29) is 5.02 Å². The molecule has 0 saturated heterocycles. The van der Waals surface area contributed by atoms with E-state index in [4.69, 9.17) is 11.6 Å². The summed E-state index contributed by atoms with van der Waals surface area (Å²) >= 11 is 5.55. The Hall–Kier alpha value is -1.09. The fourth-order valence-corrected chi connectivity index (χ4v) is 1.38. The van der Waals surface area contributed by atoms with Crippen LogP contribution in [-0.2, 0) is 14.9 Å². The Bertz CT molecular complexity index is 388. The smallest absolute Gasteiger partial charge is 0.315 e. The molecule has 0 aliphatic rings. The van der Waals surface area contributed by atoms with Gasteiger partial charge in [-0.15, -0.1) is 0 Å². The summed E-state index contributed by atoms with van der Waals surface area (Å²) < 4.78 is 17.8. The summed E-state index contributed by atoms with van der Waals surface area (Å²) in [4.78, 5) is 11.5. The molecule has 0 radical (unpaired) electrons. The summed E-state index contributed by atoms with van der Waals surface area (Å²) in [5.74, 6) is -0.949. The highest BCUT2D eigenvalue weighted by Gasteiger charge is 2.31. The van der Waals surface area contributed by atoms with Crippen LogP contribution in [0, 0.1) is 5.82 Å². The summed E-state index contributed by atoms with van der Waals surface area (Å²) in [6.07, 6.45) is 0. The number of carbonyl (C=O) groups excluding carboxylic acids is 1. The van der Waals surface area contributed by atoms with E-state index in [1.165, 1.54) is 19.2 Å². The average Bonchev–Trinajstić information content (AvgIpc) is 2.20. The van der Waals surface area contributed by atoms with E-state index < -0.39 is 17.2 Å². The summed E-state index contributed by atoms with van der Waals surface area (Å²) in [6, 6.07) is 4.29. The standard InChI is InChI=1S/C11H12ClFO2/c1-11(2,10(14)15-3)7-4-5-8(12)9(13)6-7/h4-6H,1-3H3. The van der Waals surface area contributed by atoms with Crippen molar-refractivity contribution in [3.8, 4) is 0 Å². The number of hydrogen-bond donors (Lipinski definition) is 0. The maximum absolute atomic E-state index is 13.2. The van der Waals surface area contributed by atoms with Gasteiger partial charge in [0.1, 0.15) is 5.82 Å². The predicted molar refractivity (Wildman–Crippen MR) is 56.5 cm³/mol. The number of benzene rings is 1. The molecule has 0 fully saturated rings. The molecule has 0 amide bonds. The molecule has 0 heterocycles. The first kappa shape index (κ1) is 12.0. The fourth-order valence-electron chi connectivity index (χ4n) is 1.26. The first-order valence-electron chi connectivity index (χ1n) is 4.43. The molecular weight excluding hydrogens is 219 g/mol. The largest absolute Gasteiger partial charge is 0.468 e. The molecule has 0 unspecified atom stereocenters. The van der Waals surface area contributed by atoms with Gasteiger partial charge in [-0.05, 0) is 31.5 Å². The zero-order valence-corrected chi connectivity index (χ0v) is 9.56. The number of carbonyl (C=O) groups is 1. The third-order valence-corrected chi connectivity index (χ3v) is 2.64. The van der Waals surface area contributed by atoms with Crippen LogP contribution in [0.4, 0.5) is 4.39 Å². The third kappa shape index (κ3) is 2.29. The van der Waals surface area contributed by atoms with Crippen LogP contribution in [0.2, 0.25) is 5.02 Å². The monoisotopic (exact) mass is 230 g/mol. The normalized spacial score (nSPS) is 11.3. The number of methoxy groups -OCH3 is 1. The Morgan fingerprint density at radius 2 is 2.07 bits per heavy atom. The molecule has 0 spiro atoms. The predicted octanol–water partition coefficient (Wildman–Crippen LogP) is 2.93. The van der Waals surface area contributed by atoms with Gasteiger partial charge in [-0.1, -0.05) is 17.7 Å². The summed E-state index contributed by atoms with van der Waals surface area (Å²) in [7, 11) is 1.30. The highest BCUT2D eigenvalue weighted by molar-refractivity contribution is 6.30. The SMILES string of the molecule is COC(=O)C(C)(C)c1ccc(Cl)c(F)c1. The lowest BCUT2D eigenvalue weighted by Crippen LogP contribution is -2.30. The van der Waals surface area contributed by atoms with Crippen LogP contribution in [0.3, 0.4) is 0 Å². The molecule has 0 N–H and O–H groups in total. The molecule has 82 valence electrons. The topological polar surface area (TPSA) is 26.3 Å². The Kier molecular flexibility index (Phi) is 3.35. The fraction of sp³-hybridized carbons (Fsp3) is 0.364. The molecular formula is C11H12ClFO2. The second kappa shape index (κ2) is 4.19. The molecule has 0 aliphatic heterocycles. The number of ether oxygens (including phenoxy) is 1. The van der Waals surface area contributed by atoms with E-state index in [0.717, 1.165) is 0 Å². The van der Waals surface area contributed by atoms with Crippen molar-refractivity contribution in [3.63, 3.8) is 0 Å². The second-order valence-electron chi connectivity index (χ2n) is 3.75. The molecule has 1 aromatic rings. The van der Waals surface area contributed by atoms with Crippen LogP contribution in [0.25, 0.3) is 0 Å². The minimum absolute atomic E-state index is 0.0411. The summed E-state index contributed by atoms with van der Waals surface area (Å²) in [5.41, 5.74) is -0.337. The second-order valence-corrected chi connectivity index (χ2v) is 4.15. The maximum atomic E-state index is 13.2. The molecule has 1 aromatic carbocycles. The van der Waals surface area contributed by atoms with Crippen LogP contribution in [0.5, 0.6) is 0 Å².